The third-order valence-electron chi connectivity index (χ3n) is 5.00. The predicted molar refractivity (Wildman–Crippen MR) is 71.0 cm³/mol. The summed E-state index contributed by atoms with van der Waals surface area (Å²) >= 11 is 0. The Morgan fingerprint density at radius 3 is 2.95 bits per heavy atom. The van der Waals surface area contributed by atoms with Crippen LogP contribution < -0.4 is 10.8 Å². The van der Waals surface area contributed by atoms with Gasteiger partial charge in [-0.15, -0.1) is 0 Å². The molecule has 6 heteroatoms. The molecule has 0 aromatic carbocycles. The second-order valence-electron chi connectivity index (χ2n) is 6.25. The van der Waals surface area contributed by atoms with Gasteiger partial charge in [0.2, 0.25) is 0 Å². The molecule has 1 saturated carbocycles. The number of pyridine rings is 1. The van der Waals surface area contributed by atoms with Crippen LogP contribution in [0.2, 0.25) is 0 Å². The van der Waals surface area contributed by atoms with Crippen molar-refractivity contribution < 1.29 is 9.68 Å². The van der Waals surface area contributed by atoms with Crippen LogP contribution in [0.1, 0.15) is 18.4 Å². The zero-order chi connectivity index (χ0) is 12.7. The Balaban J connectivity index is 1.70. The van der Waals surface area contributed by atoms with Crippen molar-refractivity contribution in [2.24, 2.45) is 5.41 Å². The standard InChI is InChI=1S/C13H14BN3O2/c18-14-9-3-17-11-8(1-2-16-11)10(9)13(19-14)4-12(5-13)6-15-7-12/h1-3,15,18H,4-7H2,(H,16,17). The Labute approximate surface area is 110 Å². The van der Waals surface area contributed by atoms with Gasteiger partial charge in [0.1, 0.15) is 5.65 Å². The number of nitrogens with zero attached hydrogens (tertiary/aromatic N) is 1. The number of rotatable bonds is 0. The zero-order valence-electron chi connectivity index (χ0n) is 10.4. The Morgan fingerprint density at radius 1 is 1.37 bits per heavy atom. The summed E-state index contributed by atoms with van der Waals surface area (Å²) in [5.74, 6) is 0. The second kappa shape index (κ2) is 3.03. The minimum atomic E-state index is -0.827. The van der Waals surface area contributed by atoms with Crippen LogP contribution in [0.4, 0.5) is 0 Å². The summed E-state index contributed by atoms with van der Waals surface area (Å²) in [6.07, 6.45) is 5.65. The number of fused-ring (bicyclic) bond motifs is 4. The van der Waals surface area contributed by atoms with Gasteiger partial charge in [-0.2, -0.15) is 0 Å². The topological polar surface area (TPSA) is 70.2 Å². The Kier molecular flexibility index (Phi) is 1.66. The molecule has 3 N–H and O–H groups in total. The lowest BCUT2D eigenvalue weighted by molar-refractivity contribution is -0.138. The molecule has 0 bridgehead atoms. The van der Waals surface area contributed by atoms with E-state index in [-0.39, 0.29) is 5.60 Å². The smallest absolute Gasteiger partial charge is 0.423 e. The molecular weight excluding hydrogens is 241 g/mol. The number of nitrogens with one attached hydrogen (secondary N) is 2. The number of aromatic amines is 1. The van der Waals surface area contributed by atoms with Crippen molar-refractivity contribution in [1.82, 2.24) is 15.3 Å². The van der Waals surface area contributed by atoms with E-state index >= 15 is 0 Å². The van der Waals surface area contributed by atoms with Gasteiger partial charge in [-0.05, 0) is 24.5 Å². The fourth-order valence-corrected chi connectivity index (χ4v) is 4.20. The van der Waals surface area contributed by atoms with E-state index in [1.165, 1.54) is 0 Å². The minimum Gasteiger partial charge on any atom is -0.423 e. The quantitative estimate of drug-likeness (QED) is 0.573. The fourth-order valence-electron chi connectivity index (χ4n) is 4.20. The van der Waals surface area contributed by atoms with Crippen molar-refractivity contribution in [2.45, 2.75) is 18.4 Å². The van der Waals surface area contributed by atoms with Gasteiger partial charge in [-0.1, -0.05) is 0 Å². The molecule has 2 aliphatic heterocycles. The van der Waals surface area contributed by atoms with E-state index in [4.69, 9.17) is 4.65 Å². The van der Waals surface area contributed by atoms with Crippen LogP contribution in [0.15, 0.2) is 18.5 Å². The summed E-state index contributed by atoms with van der Waals surface area (Å²) in [6, 6.07) is 2.04. The monoisotopic (exact) mass is 255 g/mol. The van der Waals surface area contributed by atoms with E-state index in [1.807, 2.05) is 12.3 Å². The number of aromatic nitrogens is 2. The molecule has 5 nitrogen and oxygen atoms in total. The Hall–Kier alpha value is -1.37. The molecule has 2 aromatic heterocycles. The highest BCUT2D eigenvalue weighted by molar-refractivity contribution is 6.62. The summed E-state index contributed by atoms with van der Waals surface area (Å²) in [5.41, 5.74) is 2.98. The lowest BCUT2D eigenvalue weighted by atomic mass is 9.54. The summed E-state index contributed by atoms with van der Waals surface area (Å²) in [4.78, 5) is 7.49. The van der Waals surface area contributed by atoms with E-state index in [0.717, 1.165) is 48.0 Å². The second-order valence-corrected chi connectivity index (χ2v) is 6.25. The molecule has 19 heavy (non-hydrogen) atoms. The first-order valence-corrected chi connectivity index (χ1v) is 6.75. The van der Waals surface area contributed by atoms with Gasteiger partial charge in [-0.25, -0.2) is 4.98 Å². The lowest BCUT2D eigenvalue weighted by Crippen LogP contribution is -2.65. The molecule has 1 aliphatic carbocycles. The van der Waals surface area contributed by atoms with Crippen LogP contribution in [0.3, 0.4) is 0 Å². The molecule has 2 fully saturated rings. The molecule has 0 amide bonds. The van der Waals surface area contributed by atoms with Crippen LogP contribution in [0, 0.1) is 5.41 Å². The minimum absolute atomic E-state index is 0.291. The van der Waals surface area contributed by atoms with Crippen LogP contribution in [0.25, 0.3) is 11.0 Å². The van der Waals surface area contributed by atoms with E-state index in [2.05, 4.69) is 15.3 Å². The highest BCUT2D eigenvalue weighted by Crippen LogP contribution is 2.60. The zero-order valence-corrected chi connectivity index (χ0v) is 10.4. The Bertz CT molecular complexity index is 686. The van der Waals surface area contributed by atoms with Crippen molar-refractivity contribution in [3.05, 3.63) is 24.0 Å². The molecule has 5 rings (SSSR count). The van der Waals surface area contributed by atoms with Gasteiger partial charge in [0.15, 0.2) is 0 Å². The summed E-state index contributed by atoms with van der Waals surface area (Å²) in [7, 11) is -0.827. The van der Waals surface area contributed by atoms with Crippen molar-refractivity contribution in [2.75, 3.05) is 13.1 Å². The number of hydrogen-bond donors (Lipinski definition) is 3. The van der Waals surface area contributed by atoms with Gasteiger partial charge >= 0.3 is 7.12 Å². The first-order chi connectivity index (χ1) is 9.22. The third kappa shape index (κ3) is 1.11. The third-order valence-corrected chi connectivity index (χ3v) is 5.00. The van der Waals surface area contributed by atoms with E-state index in [9.17, 15) is 5.02 Å². The average molecular weight is 255 g/mol. The SMILES string of the molecule is OB1OC2(CC3(CNC3)C2)c2c1cnc1[nH]ccc21. The van der Waals surface area contributed by atoms with Gasteiger partial charge in [0.25, 0.3) is 0 Å². The van der Waals surface area contributed by atoms with Gasteiger partial charge < -0.3 is 20.0 Å². The van der Waals surface area contributed by atoms with Gasteiger partial charge in [-0.3, -0.25) is 0 Å². The Morgan fingerprint density at radius 2 is 2.21 bits per heavy atom. The maximum atomic E-state index is 10.2. The van der Waals surface area contributed by atoms with Crippen molar-refractivity contribution in [3.8, 4) is 0 Å². The van der Waals surface area contributed by atoms with Crippen LogP contribution in [-0.4, -0.2) is 35.2 Å². The summed E-state index contributed by atoms with van der Waals surface area (Å²) in [5, 5.41) is 14.6. The molecule has 0 unspecified atom stereocenters. The first-order valence-electron chi connectivity index (χ1n) is 6.75. The highest BCUT2D eigenvalue weighted by Gasteiger charge is 2.63. The maximum Gasteiger partial charge on any atom is 0.493 e. The van der Waals surface area contributed by atoms with Gasteiger partial charge in [0.05, 0.1) is 5.60 Å². The van der Waals surface area contributed by atoms with Crippen molar-refractivity contribution in [3.63, 3.8) is 0 Å². The van der Waals surface area contributed by atoms with E-state index < -0.39 is 7.12 Å². The number of hydrogen-bond acceptors (Lipinski definition) is 4. The molecule has 2 aromatic rings. The van der Waals surface area contributed by atoms with Crippen molar-refractivity contribution in [1.29, 1.82) is 0 Å². The molecular formula is C13H14BN3O2. The largest absolute Gasteiger partial charge is 0.493 e. The molecule has 3 aliphatic rings. The molecule has 2 spiro atoms. The molecule has 1 saturated heterocycles. The van der Waals surface area contributed by atoms with Crippen LogP contribution in [-0.2, 0) is 10.3 Å². The summed E-state index contributed by atoms with van der Waals surface area (Å²) in [6.45, 7) is 2.15. The molecule has 0 atom stereocenters. The molecule has 4 heterocycles. The predicted octanol–water partition coefficient (Wildman–Crippen LogP) is -0.141. The molecule has 96 valence electrons. The first kappa shape index (κ1) is 10.4. The van der Waals surface area contributed by atoms with Crippen LogP contribution >= 0.6 is 0 Å². The average Bonchev–Trinajstić information content (AvgIpc) is 2.86. The number of H-pyrrole nitrogens is 1. The highest BCUT2D eigenvalue weighted by atomic mass is 16.5. The lowest BCUT2D eigenvalue weighted by Gasteiger charge is -2.60. The fraction of sp³-hybridized carbons (Fsp3) is 0.462. The maximum absolute atomic E-state index is 10.2. The van der Waals surface area contributed by atoms with Crippen LogP contribution in [0.5, 0.6) is 0 Å². The summed E-state index contributed by atoms with van der Waals surface area (Å²) < 4.78 is 5.94. The van der Waals surface area contributed by atoms with E-state index in [1.54, 1.807) is 6.20 Å². The van der Waals surface area contributed by atoms with E-state index in [0.29, 0.717) is 5.41 Å². The molecule has 0 radical (unpaired) electrons. The van der Waals surface area contributed by atoms with Crippen molar-refractivity contribution >= 4 is 23.6 Å². The normalized spacial score (nSPS) is 25.6. The van der Waals surface area contributed by atoms with Gasteiger partial charge in [0, 0.05) is 41.7 Å².